The van der Waals surface area contributed by atoms with Gasteiger partial charge in [0, 0.05) is 34.6 Å². The predicted octanol–water partition coefficient (Wildman–Crippen LogP) is 7.58. The molecule has 1 N–H and O–H groups in total. The largest absolute Gasteiger partial charge is 0.484 e. The van der Waals surface area contributed by atoms with Crippen LogP contribution < -0.4 is 10.1 Å². The SMILES string of the molecule is CC(C)c1ccc(OCC(=O)N(Cc2c(Cl)cccc2Cl)C(Cc2ccccc2)C(=O)NC2CCCCC2)cc1. The van der Waals surface area contributed by atoms with Crippen LogP contribution in [0.5, 0.6) is 5.75 Å². The maximum Gasteiger partial charge on any atom is 0.261 e. The molecular weight excluding hydrogens is 543 g/mol. The fraction of sp³-hybridized carbons (Fsp3) is 0.394. The molecule has 1 aliphatic carbocycles. The lowest BCUT2D eigenvalue weighted by molar-refractivity contribution is -0.143. The highest BCUT2D eigenvalue weighted by atomic mass is 35.5. The minimum Gasteiger partial charge on any atom is -0.484 e. The summed E-state index contributed by atoms with van der Waals surface area (Å²) in [5, 5.41) is 4.13. The van der Waals surface area contributed by atoms with Crippen LogP contribution in [0.15, 0.2) is 72.8 Å². The van der Waals surface area contributed by atoms with Gasteiger partial charge in [0.15, 0.2) is 6.61 Å². The maximum atomic E-state index is 13.9. The van der Waals surface area contributed by atoms with Gasteiger partial charge in [0.05, 0.1) is 0 Å². The summed E-state index contributed by atoms with van der Waals surface area (Å²) in [6.45, 7) is 4.12. The highest BCUT2D eigenvalue weighted by Crippen LogP contribution is 2.28. The Labute approximate surface area is 247 Å². The quantitative estimate of drug-likeness (QED) is 0.254. The average molecular weight is 582 g/mol. The molecule has 3 aromatic rings. The molecule has 0 saturated heterocycles. The van der Waals surface area contributed by atoms with Crippen LogP contribution in [0.4, 0.5) is 0 Å². The first-order valence-electron chi connectivity index (χ1n) is 14.1. The van der Waals surface area contributed by atoms with E-state index in [-0.39, 0.29) is 31.0 Å². The molecule has 0 radical (unpaired) electrons. The molecule has 0 aliphatic heterocycles. The second kappa shape index (κ2) is 14.6. The lowest BCUT2D eigenvalue weighted by Gasteiger charge is -2.33. The second-order valence-electron chi connectivity index (χ2n) is 10.8. The number of halogens is 2. The number of hydrogen-bond donors (Lipinski definition) is 1. The van der Waals surface area contributed by atoms with Gasteiger partial charge >= 0.3 is 0 Å². The van der Waals surface area contributed by atoms with Crippen molar-refractivity contribution >= 4 is 35.0 Å². The Hall–Kier alpha value is -3.02. The molecule has 4 rings (SSSR count). The molecule has 5 nitrogen and oxygen atoms in total. The second-order valence-corrected chi connectivity index (χ2v) is 11.6. The van der Waals surface area contributed by atoms with Crippen molar-refractivity contribution in [2.24, 2.45) is 0 Å². The van der Waals surface area contributed by atoms with Gasteiger partial charge in [0.25, 0.3) is 5.91 Å². The van der Waals surface area contributed by atoms with Crippen LogP contribution in [0.25, 0.3) is 0 Å². The Balaban J connectivity index is 1.62. The van der Waals surface area contributed by atoms with Crippen molar-refractivity contribution in [3.05, 3.63) is 99.5 Å². The topological polar surface area (TPSA) is 58.6 Å². The zero-order chi connectivity index (χ0) is 28.5. The number of rotatable bonds is 11. The lowest BCUT2D eigenvalue weighted by Crippen LogP contribution is -2.53. The van der Waals surface area contributed by atoms with Crippen LogP contribution in [0, 0.1) is 0 Å². The molecule has 0 aromatic heterocycles. The molecule has 7 heteroatoms. The predicted molar refractivity (Wildman–Crippen MR) is 162 cm³/mol. The molecule has 1 fully saturated rings. The highest BCUT2D eigenvalue weighted by Gasteiger charge is 2.33. The molecule has 0 spiro atoms. The van der Waals surface area contributed by atoms with Gasteiger partial charge in [-0.1, -0.05) is 105 Å². The van der Waals surface area contributed by atoms with E-state index in [1.807, 2.05) is 54.6 Å². The normalized spacial score (nSPS) is 14.5. The number of nitrogens with one attached hydrogen (secondary N) is 1. The smallest absolute Gasteiger partial charge is 0.261 e. The summed E-state index contributed by atoms with van der Waals surface area (Å²) in [7, 11) is 0. The van der Waals surface area contributed by atoms with Crippen LogP contribution in [-0.2, 0) is 22.6 Å². The molecule has 1 atom stereocenters. The number of ether oxygens (including phenoxy) is 1. The first-order valence-corrected chi connectivity index (χ1v) is 14.9. The standard InChI is InChI=1S/C33H38Cl2N2O3/c1-23(2)25-16-18-27(19-17-25)40-22-32(38)37(21-28-29(34)14-9-15-30(28)35)31(20-24-10-5-3-6-11-24)33(39)36-26-12-7-4-8-13-26/h3,5-6,9-11,14-19,23,26,31H,4,7-8,12-13,20-22H2,1-2H3,(H,36,39). The van der Waals surface area contributed by atoms with Crippen LogP contribution in [0.3, 0.4) is 0 Å². The lowest BCUT2D eigenvalue weighted by atomic mass is 9.94. The summed E-state index contributed by atoms with van der Waals surface area (Å²) in [6, 6.07) is 22.1. The number of hydrogen-bond acceptors (Lipinski definition) is 3. The van der Waals surface area contributed by atoms with Crippen LogP contribution in [0.2, 0.25) is 10.0 Å². The van der Waals surface area contributed by atoms with E-state index in [9.17, 15) is 9.59 Å². The van der Waals surface area contributed by atoms with Crippen LogP contribution >= 0.6 is 23.2 Å². The Morgan fingerprint density at radius 2 is 1.55 bits per heavy atom. The molecule has 1 unspecified atom stereocenters. The van der Waals surface area contributed by atoms with Gasteiger partial charge in [0.1, 0.15) is 11.8 Å². The van der Waals surface area contributed by atoms with Gasteiger partial charge in [-0.2, -0.15) is 0 Å². The van der Waals surface area contributed by atoms with E-state index >= 15 is 0 Å². The third-order valence-electron chi connectivity index (χ3n) is 7.52. The van der Waals surface area contributed by atoms with E-state index in [0.717, 1.165) is 31.2 Å². The number of carbonyl (C=O) groups excluding carboxylic acids is 2. The van der Waals surface area contributed by atoms with Crippen LogP contribution in [-0.4, -0.2) is 35.4 Å². The molecular formula is C33H38Cl2N2O3. The van der Waals surface area contributed by atoms with Gasteiger partial charge in [-0.3, -0.25) is 9.59 Å². The van der Waals surface area contributed by atoms with Crippen molar-refractivity contribution in [1.82, 2.24) is 10.2 Å². The Bertz CT molecular complexity index is 1240. The number of carbonyl (C=O) groups is 2. The van der Waals surface area contributed by atoms with Gasteiger partial charge in [-0.15, -0.1) is 0 Å². The number of nitrogens with zero attached hydrogens (tertiary/aromatic N) is 1. The zero-order valence-electron chi connectivity index (χ0n) is 23.2. The fourth-order valence-electron chi connectivity index (χ4n) is 5.13. The molecule has 0 bridgehead atoms. The van der Waals surface area contributed by atoms with Crippen molar-refractivity contribution < 1.29 is 14.3 Å². The summed E-state index contributed by atoms with van der Waals surface area (Å²) >= 11 is 13.1. The number of amides is 2. The fourth-order valence-corrected chi connectivity index (χ4v) is 5.65. The average Bonchev–Trinajstić information content (AvgIpc) is 2.96. The van der Waals surface area contributed by atoms with Crippen molar-refractivity contribution in [3.8, 4) is 5.75 Å². The van der Waals surface area contributed by atoms with E-state index in [1.165, 1.54) is 12.0 Å². The minimum atomic E-state index is -0.768. The minimum absolute atomic E-state index is 0.0859. The van der Waals surface area contributed by atoms with Crippen molar-refractivity contribution in [1.29, 1.82) is 0 Å². The van der Waals surface area contributed by atoms with Crippen molar-refractivity contribution in [2.75, 3.05) is 6.61 Å². The van der Waals surface area contributed by atoms with E-state index < -0.39 is 6.04 Å². The molecule has 3 aromatic carbocycles. The molecule has 212 valence electrons. The van der Waals surface area contributed by atoms with E-state index in [0.29, 0.717) is 33.7 Å². The van der Waals surface area contributed by atoms with Crippen molar-refractivity contribution in [2.45, 2.75) is 76.9 Å². The Kier molecular flexibility index (Phi) is 10.9. The number of benzene rings is 3. The maximum absolute atomic E-state index is 13.9. The Morgan fingerprint density at radius 3 is 2.17 bits per heavy atom. The first-order chi connectivity index (χ1) is 19.3. The zero-order valence-corrected chi connectivity index (χ0v) is 24.8. The van der Waals surface area contributed by atoms with Gasteiger partial charge in [-0.25, -0.2) is 0 Å². The van der Waals surface area contributed by atoms with Gasteiger partial charge in [0.2, 0.25) is 5.91 Å². The molecule has 1 saturated carbocycles. The summed E-state index contributed by atoms with van der Waals surface area (Å²) < 4.78 is 5.92. The molecule has 0 heterocycles. The van der Waals surface area contributed by atoms with Gasteiger partial charge < -0.3 is 15.0 Å². The Morgan fingerprint density at radius 1 is 0.900 bits per heavy atom. The van der Waals surface area contributed by atoms with E-state index in [1.54, 1.807) is 23.1 Å². The summed E-state index contributed by atoms with van der Waals surface area (Å²) in [5.41, 5.74) is 2.75. The molecule has 1 aliphatic rings. The van der Waals surface area contributed by atoms with Gasteiger partial charge in [-0.05, 0) is 54.2 Å². The molecule has 2 amide bonds. The monoisotopic (exact) mass is 580 g/mol. The van der Waals surface area contributed by atoms with E-state index in [4.69, 9.17) is 27.9 Å². The summed E-state index contributed by atoms with van der Waals surface area (Å²) in [4.78, 5) is 29.3. The third kappa shape index (κ3) is 8.25. The summed E-state index contributed by atoms with van der Waals surface area (Å²) in [5.74, 6) is 0.505. The summed E-state index contributed by atoms with van der Waals surface area (Å²) in [6.07, 6.45) is 5.62. The van der Waals surface area contributed by atoms with Crippen molar-refractivity contribution in [3.63, 3.8) is 0 Å². The first kappa shape index (κ1) is 30.0. The molecule has 40 heavy (non-hydrogen) atoms. The van der Waals surface area contributed by atoms with Crippen LogP contribution in [0.1, 0.15) is 68.6 Å². The highest BCUT2D eigenvalue weighted by molar-refractivity contribution is 6.36. The third-order valence-corrected chi connectivity index (χ3v) is 8.23. The van der Waals surface area contributed by atoms with E-state index in [2.05, 4.69) is 19.2 Å².